The highest BCUT2D eigenvalue weighted by Gasteiger charge is 2.19. The second-order valence-corrected chi connectivity index (χ2v) is 6.81. The Labute approximate surface area is 124 Å². The Kier molecular flexibility index (Phi) is 5.62. The summed E-state index contributed by atoms with van der Waals surface area (Å²) < 4.78 is 0. The third-order valence-corrected chi connectivity index (χ3v) is 4.16. The second kappa shape index (κ2) is 7.24. The lowest BCUT2D eigenvalue weighted by Gasteiger charge is -2.28. The van der Waals surface area contributed by atoms with Crippen LogP contribution in [0.15, 0.2) is 18.2 Å². The Bertz CT molecular complexity index is 419. The molecule has 1 aromatic carbocycles. The van der Waals surface area contributed by atoms with Gasteiger partial charge in [0.15, 0.2) is 0 Å². The molecule has 1 aliphatic rings. The number of nitrogens with zero attached hydrogens (tertiary/aromatic N) is 1. The fourth-order valence-electron chi connectivity index (χ4n) is 3.21. The molecule has 0 amide bonds. The highest BCUT2D eigenvalue weighted by Crippen LogP contribution is 2.16. The van der Waals surface area contributed by atoms with Gasteiger partial charge in [0, 0.05) is 25.7 Å². The normalized spacial score (nSPS) is 19.2. The molecule has 0 aliphatic carbocycles. The van der Waals surface area contributed by atoms with Gasteiger partial charge in [0.1, 0.15) is 0 Å². The van der Waals surface area contributed by atoms with Gasteiger partial charge in [-0.3, -0.25) is 4.90 Å². The molecule has 1 fully saturated rings. The summed E-state index contributed by atoms with van der Waals surface area (Å²) in [6, 6.07) is 7.54. The van der Waals surface area contributed by atoms with E-state index >= 15 is 0 Å². The molecule has 1 N–H and O–H groups in total. The van der Waals surface area contributed by atoms with Crippen molar-refractivity contribution in [3.8, 4) is 0 Å². The smallest absolute Gasteiger partial charge is 0.0237 e. The molecule has 1 atom stereocenters. The monoisotopic (exact) mass is 274 g/mol. The quantitative estimate of drug-likeness (QED) is 0.854. The number of benzene rings is 1. The zero-order valence-corrected chi connectivity index (χ0v) is 13.6. The molecule has 1 unspecified atom stereocenters. The number of nitrogens with one attached hydrogen (secondary N) is 1. The first-order valence-corrected chi connectivity index (χ1v) is 8.06. The summed E-state index contributed by atoms with van der Waals surface area (Å²) in [5.41, 5.74) is 4.27. The first-order chi connectivity index (χ1) is 9.54. The van der Waals surface area contributed by atoms with E-state index in [1.807, 2.05) is 0 Å². The molecule has 0 aromatic heterocycles. The van der Waals surface area contributed by atoms with Crippen molar-refractivity contribution in [3.63, 3.8) is 0 Å². The summed E-state index contributed by atoms with van der Waals surface area (Å²) in [5, 5.41) is 3.63. The Morgan fingerprint density at radius 2 is 2.10 bits per heavy atom. The van der Waals surface area contributed by atoms with Gasteiger partial charge in [-0.05, 0) is 50.3 Å². The van der Waals surface area contributed by atoms with Crippen LogP contribution in [-0.2, 0) is 6.54 Å². The number of hydrogen-bond acceptors (Lipinski definition) is 2. The lowest BCUT2D eigenvalue weighted by Crippen LogP contribution is -2.39. The summed E-state index contributed by atoms with van der Waals surface area (Å²) in [7, 11) is 0. The van der Waals surface area contributed by atoms with Crippen molar-refractivity contribution < 1.29 is 0 Å². The summed E-state index contributed by atoms with van der Waals surface area (Å²) in [5.74, 6) is 0.724. The van der Waals surface area contributed by atoms with Gasteiger partial charge in [0.2, 0.25) is 0 Å². The predicted octanol–water partition coefficient (Wildman–Crippen LogP) is 3.51. The zero-order chi connectivity index (χ0) is 14.5. The van der Waals surface area contributed by atoms with E-state index in [1.165, 1.54) is 49.2 Å². The molecule has 0 bridgehead atoms. The number of aryl methyl sites for hydroxylation is 2. The topological polar surface area (TPSA) is 15.3 Å². The van der Waals surface area contributed by atoms with Crippen LogP contribution < -0.4 is 5.32 Å². The Hall–Kier alpha value is -0.860. The molecule has 1 aromatic rings. The molecule has 2 nitrogen and oxygen atoms in total. The lowest BCUT2D eigenvalue weighted by molar-refractivity contribution is 0.216. The minimum Gasteiger partial charge on any atom is -0.313 e. The van der Waals surface area contributed by atoms with Gasteiger partial charge in [0.05, 0.1) is 0 Å². The van der Waals surface area contributed by atoms with Gasteiger partial charge in [-0.1, -0.05) is 37.6 Å². The molecule has 1 heterocycles. The summed E-state index contributed by atoms with van der Waals surface area (Å²) in [6.45, 7) is 13.7. The van der Waals surface area contributed by atoms with Crippen LogP contribution in [0, 0.1) is 19.8 Å². The third kappa shape index (κ3) is 4.60. The van der Waals surface area contributed by atoms with Crippen LogP contribution in [0.2, 0.25) is 0 Å². The van der Waals surface area contributed by atoms with E-state index in [0.29, 0.717) is 6.04 Å². The van der Waals surface area contributed by atoms with Crippen LogP contribution >= 0.6 is 0 Å². The molecule has 0 saturated carbocycles. The largest absolute Gasteiger partial charge is 0.313 e. The van der Waals surface area contributed by atoms with Crippen LogP contribution in [-0.4, -0.2) is 30.6 Å². The molecule has 0 radical (unpaired) electrons. The minimum atomic E-state index is 0.694. The van der Waals surface area contributed by atoms with Gasteiger partial charge < -0.3 is 5.32 Å². The molecule has 1 aliphatic heterocycles. The van der Waals surface area contributed by atoms with E-state index < -0.39 is 0 Å². The molecule has 2 heteroatoms. The molecule has 112 valence electrons. The highest BCUT2D eigenvalue weighted by atomic mass is 15.2. The molecule has 0 spiro atoms. The van der Waals surface area contributed by atoms with Crippen molar-refractivity contribution in [2.45, 2.75) is 53.1 Å². The van der Waals surface area contributed by atoms with Gasteiger partial charge in [0.25, 0.3) is 0 Å². The first kappa shape index (κ1) is 15.5. The van der Waals surface area contributed by atoms with Crippen molar-refractivity contribution in [3.05, 3.63) is 34.9 Å². The maximum absolute atomic E-state index is 3.63. The van der Waals surface area contributed by atoms with E-state index in [1.54, 1.807) is 0 Å². The van der Waals surface area contributed by atoms with E-state index in [-0.39, 0.29) is 0 Å². The molecule has 1 saturated heterocycles. The fourth-order valence-corrected chi connectivity index (χ4v) is 3.21. The van der Waals surface area contributed by atoms with Crippen LogP contribution in [0.4, 0.5) is 0 Å². The standard InChI is InChI=1S/C18H30N2/c1-14(2)11-20(13-18-6-5-9-19-18)12-17-8-7-15(3)10-16(17)4/h7-8,10,14,18-19H,5-6,9,11-13H2,1-4H3. The third-order valence-electron chi connectivity index (χ3n) is 4.16. The van der Waals surface area contributed by atoms with Crippen LogP contribution in [0.5, 0.6) is 0 Å². The van der Waals surface area contributed by atoms with Crippen molar-refractivity contribution in [1.82, 2.24) is 10.2 Å². The van der Waals surface area contributed by atoms with Gasteiger partial charge in [-0.15, -0.1) is 0 Å². The number of hydrogen-bond donors (Lipinski definition) is 1. The molecule has 2 rings (SSSR count). The first-order valence-electron chi connectivity index (χ1n) is 8.06. The van der Waals surface area contributed by atoms with Crippen LogP contribution in [0.3, 0.4) is 0 Å². The van der Waals surface area contributed by atoms with E-state index in [0.717, 1.165) is 12.5 Å². The maximum atomic E-state index is 3.63. The lowest BCUT2D eigenvalue weighted by atomic mass is 10.0. The molecular formula is C18H30N2. The minimum absolute atomic E-state index is 0.694. The Morgan fingerprint density at radius 3 is 2.70 bits per heavy atom. The van der Waals surface area contributed by atoms with Crippen molar-refractivity contribution >= 4 is 0 Å². The number of rotatable bonds is 6. The van der Waals surface area contributed by atoms with Crippen molar-refractivity contribution in [1.29, 1.82) is 0 Å². The van der Waals surface area contributed by atoms with Gasteiger partial charge >= 0.3 is 0 Å². The van der Waals surface area contributed by atoms with Crippen molar-refractivity contribution in [2.24, 2.45) is 5.92 Å². The highest BCUT2D eigenvalue weighted by molar-refractivity contribution is 5.30. The zero-order valence-electron chi connectivity index (χ0n) is 13.6. The predicted molar refractivity (Wildman–Crippen MR) is 87.1 cm³/mol. The van der Waals surface area contributed by atoms with Gasteiger partial charge in [-0.25, -0.2) is 0 Å². The average molecular weight is 274 g/mol. The summed E-state index contributed by atoms with van der Waals surface area (Å²) in [6.07, 6.45) is 2.67. The van der Waals surface area contributed by atoms with Gasteiger partial charge in [-0.2, -0.15) is 0 Å². The van der Waals surface area contributed by atoms with Crippen LogP contribution in [0.25, 0.3) is 0 Å². The fraction of sp³-hybridized carbons (Fsp3) is 0.667. The summed E-state index contributed by atoms with van der Waals surface area (Å²) >= 11 is 0. The maximum Gasteiger partial charge on any atom is 0.0237 e. The Morgan fingerprint density at radius 1 is 1.30 bits per heavy atom. The second-order valence-electron chi connectivity index (χ2n) is 6.81. The summed E-state index contributed by atoms with van der Waals surface area (Å²) in [4.78, 5) is 2.63. The average Bonchev–Trinajstić information content (AvgIpc) is 2.84. The van der Waals surface area contributed by atoms with E-state index in [4.69, 9.17) is 0 Å². The molecule has 20 heavy (non-hydrogen) atoms. The molecular weight excluding hydrogens is 244 g/mol. The van der Waals surface area contributed by atoms with Crippen LogP contribution in [0.1, 0.15) is 43.4 Å². The van der Waals surface area contributed by atoms with E-state index in [2.05, 4.69) is 56.1 Å². The van der Waals surface area contributed by atoms with E-state index in [9.17, 15) is 0 Å². The van der Waals surface area contributed by atoms with Crippen molar-refractivity contribution in [2.75, 3.05) is 19.6 Å². The SMILES string of the molecule is Cc1ccc(CN(CC(C)C)CC2CCCN2)c(C)c1. The Balaban J connectivity index is 2.01.